The van der Waals surface area contributed by atoms with E-state index in [1.165, 1.54) is 13.4 Å². The fourth-order valence-corrected chi connectivity index (χ4v) is 0.883. The minimum Gasteiger partial charge on any atom is -0.469 e. The maximum atomic E-state index is 10.7. The zero-order chi connectivity index (χ0) is 9.68. The van der Waals surface area contributed by atoms with Crippen LogP contribution in [0, 0.1) is 0 Å². The number of carbonyl (C=O) groups excluding carboxylic acids is 2. The van der Waals surface area contributed by atoms with Crippen LogP contribution in [0.25, 0.3) is 0 Å². The molecule has 0 aromatic carbocycles. The van der Waals surface area contributed by atoms with E-state index in [4.69, 9.17) is 0 Å². The summed E-state index contributed by atoms with van der Waals surface area (Å²) in [5.74, 6) is -0.277. The molecule has 0 radical (unpaired) electrons. The molecule has 70 valence electrons. The molecule has 1 heterocycles. The summed E-state index contributed by atoms with van der Waals surface area (Å²) in [6.07, 6.45) is 4.03. The average Bonchev–Trinajstić information content (AvgIpc) is 2.61. The molecule has 0 amide bonds. The number of aryl methyl sites for hydroxylation is 1. The average molecular weight is 182 g/mol. The first-order chi connectivity index (χ1) is 6.26. The predicted octanol–water partition coefficient (Wildman–Crippen LogP) is 0.259. The summed E-state index contributed by atoms with van der Waals surface area (Å²) in [6.45, 7) is 0.480. The van der Waals surface area contributed by atoms with E-state index in [2.05, 4.69) is 9.72 Å². The molecule has 1 aromatic rings. The largest absolute Gasteiger partial charge is 0.469 e. The molecule has 0 aliphatic heterocycles. The van der Waals surface area contributed by atoms with Crippen molar-refractivity contribution in [2.24, 2.45) is 0 Å². The van der Waals surface area contributed by atoms with E-state index in [1.807, 2.05) is 0 Å². The highest BCUT2D eigenvalue weighted by Gasteiger charge is 2.01. The normalized spacial score (nSPS) is 9.62. The molecule has 0 fully saturated rings. The van der Waals surface area contributed by atoms with Crippen LogP contribution in [0.4, 0.5) is 0 Å². The molecule has 0 aliphatic rings. The molecule has 1 rings (SSSR count). The standard InChI is InChI=1S/C8H10N2O3/c1-13-8(12)2-3-10-4-7(5-11)9-6-10/h4-6H,2-3H2,1H3. The SMILES string of the molecule is COC(=O)CCn1cnc(C=O)c1. The van der Waals surface area contributed by atoms with Crippen molar-refractivity contribution in [2.75, 3.05) is 7.11 Å². The van der Waals surface area contributed by atoms with Gasteiger partial charge < -0.3 is 9.30 Å². The number of imidazole rings is 1. The topological polar surface area (TPSA) is 61.2 Å². The molecule has 5 nitrogen and oxygen atoms in total. The van der Waals surface area contributed by atoms with Gasteiger partial charge in [0.2, 0.25) is 0 Å². The predicted molar refractivity (Wildman–Crippen MR) is 44.2 cm³/mol. The van der Waals surface area contributed by atoms with Gasteiger partial charge in [-0.1, -0.05) is 0 Å². The van der Waals surface area contributed by atoms with Gasteiger partial charge in [0.25, 0.3) is 0 Å². The lowest BCUT2D eigenvalue weighted by atomic mass is 10.4. The van der Waals surface area contributed by atoms with Crippen molar-refractivity contribution in [1.82, 2.24) is 9.55 Å². The summed E-state index contributed by atoms with van der Waals surface area (Å²) in [5, 5.41) is 0. The summed E-state index contributed by atoms with van der Waals surface area (Å²) < 4.78 is 6.13. The zero-order valence-electron chi connectivity index (χ0n) is 7.27. The van der Waals surface area contributed by atoms with Crippen LogP contribution < -0.4 is 0 Å². The highest BCUT2D eigenvalue weighted by molar-refractivity contribution is 5.71. The van der Waals surface area contributed by atoms with Crippen LogP contribution in [-0.2, 0) is 16.1 Å². The van der Waals surface area contributed by atoms with E-state index in [0.29, 0.717) is 18.5 Å². The van der Waals surface area contributed by atoms with Crippen molar-refractivity contribution in [2.45, 2.75) is 13.0 Å². The fourth-order valence-electron chi connectivity index (χ4n) is 0.883. The number of ether oxygens (including phenoxy) is 1. The van der Waals surface area contributed by atoms with E-state index in [9.17, 15) is 9.59 Å². The van der Waals surface area contributed by atoms with Gasteiger partial charge >= 0.3 is 5.97 Å². The number of aldehydes is 1. The summed E-state index contributed by atoms with van der Waals surface area (Å²) >= 11 is 0. The van der Waals surface area contributed by atoms with Gasteiger partial charge in [-0.25, -0.2) is 4.98 Å². The molecule has 0 atom stereocenters. The highest BCUT2D eigenvalue weighted by Crippen LogP contribution is 1.95. The Labute approximate surface area is 75.3 Å². The Morgan fingerprint density at radius 2 is 2.54 bits per heavy atom. The molecule has 0 aliphatic carbocycles. The highest BCUT2D eigenvalue weighted by atomic mass is 16.5. The van der Waals surface area contributed by atoms with Crippen LogP contribution >= 0.6 is 0 Å². The van der Waals surface area contributed by atoms with Gasteiger partial charge in [0.05, 0.1) is 19.9 Å². The third-order valence-electron chi connectivity index (χ3n) is 1.58. The Balaban J connectivity index is 2.45. The maximum absolute atomic E-state index is 10.7. The van der Waals surface area contributed by atoms with E-state index >= 15 is 0 Å². The van der Waals surface area contributed by atoms with Gasteiger partial charge in [-0.2, -0.15) is 0 Å². The summed E-state index contributed by atoms with van der Waals surface area (Å²) in [4.78, 5) is 24.8. The molecule has 0 N–H and O–H groups in total. The van der Waals surface area contributed by atoms with Crippen molar-refractivity contribution in [3.05, 3.63) is 18.2 Å². The monoisotopic (exact) mass is 182 g/mol. The Bertz CT molecular complexity index is 306. The molecule has 0 spiro atoms. The number of nitrogens with zero attached hydrogens (tertiary/aromatic N) is 2. The molecule has 0 saturated heterocycles. The molecule has 5 heteroatoms. The minimum absolute atomic E-state index is 0.277. The van der Waals surface area contributed by atoms with Gasteiger partial charge in [0.1, 0.15) is 5.69 Å². The van der Waals surface area contributed by atoms with Crippen LogP contribution in [0.5, 0.6) is 0 Å². The van der Waals surface area contributed by atoms with Gasteiger partial charge in [-0.3, -0.25) is 9.59 Å². The zero-order valence-corrected chi connectivity index (χ0v) is 7.27. The molecule has 0 unspecified atom stereocenters. The first kappa shape index (κ1) is 9.44. The summed E-state index contributed by atoms with van der Waals surface area (Å²) in [7, 11) is 1.34. The Morgan fingerprint density at radius 3 is 3.08 bits per heavy atom. The van der Waals surface area contributed by atoms with Gasteiger partial charge in [0, 0.05) is 12.7 Å². The Kier molecular flexibility index (Phi) is 3.19. The second-order valence-electron chi connectivity index (χ2n) is 2.48. The molecule has 1 aromatic heterocycles. The Morgan fingerprint density at radius 1 is 1.77 bits per heavy atom. The molecule has 0 bridgehead atoms. The lowest BCUT2D eigenvalue weighted by Crippen LogP contribution is -2.05. The number of esters is 1. The maximum Gasteiger partial charge on any atom is 0.307 e. The van der Waals surface area contributed by atoms with Crippen LogP contribution in [-0.4, -0.2) is 28.9 Å². The van der Waals surface area contributed by atoms with Crippen LogP contribution in [0.15, 0.2) is 12.5 Å². The second-order valence-corrected chi connectivity index (χ2v) is 2.48. The lowest BCUT2D eigenvalue weighted by Gasteiger charge is -1.99. The molecule has 0 saturated carbocycles. The van der Waals surface area contributed by atoms with Crippen molar-refractivity contribution >= 4 is 12.3 Å². The van der Waals surface area contributed by atoms with Crippen molar-refractivity contribution in [3.63, 3.8) is 0 Å². The number of hydrogen-bond donors (Lipinski definition) is 0. The van der Waals surface area contributed by atoms with Crippen molar-refractivity contribution < 1.29 is 14.3 Å². The number of aromatic nitrogens is 2. The summed E-state index contributed by atoms with van der Waals surface area (Å²) in [6, 6.07) is 0. The third-order valence-corrected chi connectivity index (χ3v) is 1.58. The van der Waals surface area contributed by atoms with E-state index in [0.717, 1.165) is 0 Å². The van der Waals surface area contributed by atoms with E-state index < -0.39 is 0 Å². The number of methoxy groups -OCH3 is 1. The van der Waals surface area contributed by atoms with Crippen molar-refractivity contribution in [1.29, 1.82) is 0 Å². The van der Waals surface area contributed by atoms with Crippen LogP contribution in [0.1, 0.15) is 16.9 Å². The molecular formula is C8H10N2O3. The van der Waals surface area contributed by atoms with Crippen LogP contribution in [0.3, 0.4) is 0 Å². The first-order valence-electron chi connectivity index (χ1n) is 3.80. The number of carbonyl (C=O) groups is 2. The quantitative estimate of drug-likeness (QED) is 0.495. The Hall–Kier alpha value is -1.65. The van der Waals surface area contributed by atoms with E-state index in [1.54, 1.807) is 10.8 Å². The fraction of sp³-hybridized carbons (Fsp3) is 0.375. The smallest absolute Gasteiger partial charge is 0.307 e. The van der Waals surface area contributed by atoms with E-state index in [-0.39, 0.29) is 12.4 Å². The number of rotatable bonds is 4. The number of hydrogen-bond acceptors (Lipinski definition) is 4. The van der Waals surface area contributed by atoms with Gasteiger partial charge in [-0.05, 0) is 0 Å². The lowest BCUT2D eigenvalue weighted by molar-refractivity contribution is -0.140. The minimum atomic E-state index is -0.277. The first-order valence-corrected chi connectivity index (χ1v) is 3.80. The van der Waals surface area contributed by atoms with Gasteiger partial charge in [-0.15, -0.1) is 0 Å². The van der Waals surface area contributed by atoms with Crippen LogP contribution in [0.2, 0.25) is 0 Å². The van der Waals surface area contributed by atoms with Gasteiger partial charge in [0.15, 0.2) is 6.29 Å². The molecule has 13 heavy (non-hydrogen) atoms. The molecular weight excluding hydrogens is 172 g/mol. The summed E-state index contributed by atoms with van der Waals surface area (Å²) in [5.41, 5.74) is 0.366. The second kappa shape index (κ2) is 4.39. The third kappa shape index (κ3) is 2.70. The van der Waals surface area contributed by atoms with Crippen molar-refractivity contribution in [3.8, 4) is 0 Å².